The quantitative estimate of drug-likeness (QED) is 0.0740. The molecule has 5 rings (SSSR count). The summed E-state index contributed by atoms with van der Waals surface area (Å²) < 4.78 is 14.8. The smallest absolute Gasteiger partial charge is 0.164 e. The summed E-state index contributed by atoms with van der Waals surface area (Å²) in [5.74, 6) is -0.0125. The van der Waals surface area contributed by atoms with Gasteiger partial charge in [0, 0.05) is 48.9 Å². The Morgan fingerprint density at radius 1 is 0.841 bits per heavy atom. The van der Waals surface area contributed by atoms with E-state index >= 15 is 0 Å². The summed E-state index contributed by atoms with van der Waals surface area (Å²) in [5, 5.41) is 16.2. The number of fused-ring (bicyclic) bond motifs is 4. The van der Waals surface area contributed by atoms with E-state index < -0.39 is 0 Å². The Hall–Kier alpha value is -3.40. The fourth-order valence-corrected chi connectivity index (χ4v) is 5.31. The maximum Gasteiger partial charge on any atom is 0.164 e. The van der Waals surface area contributed by atoms with Crippen molar-refractivity contribution >= 4 is 38.1 Å². The molecular weight excluding hydrogens is 726 g/mol. The number of nitrogens with zero attached hydrogens (tertiary/aromatic N) is 1. The SMILES string of the molecule is CCC(C)(CC)C(=O)/C=C(\O)C(C)(CC)CC.Cc1ccc2c(ccc3c(-c4[c-]c5ccccc5cc4F)nccc32)c1.[Ir]. The van der Waals surface area contributed by atoms with Crippen molar-refractivity contribution in [1.29, 1.82) is 0 Å². The number of rotatable bonds is 8. The number of allylic oxidation sites excluding steroid dienone is 2. The number of carbonyl (C=O) groups is 1. The van der Waals surface area contributed by atoms with E-state index in [-0.39, 0.29) is 48.3 Å². The van der Waals surface area contributed by atoms with E-state index in [0.717, 1.165) is 52.6 Å². The second-order valence-electron chi connectivity index (χ2n) is 12.1. The summed E-state index contributed by atoms with van der Waals surface area (Å²) in [6, 6.07) is 25.0. The van der Waals surface area contributed by atoms with Crippen LogP contribution in [0.2, 0.25) is 0 Å². The molecule has 5 heteroatoms. The summed E-state index contributed by atoms with van der Waals surface area (Å²) in [6.45, 7) is 14.2. The number of aliphatic hydroxyl groups excluding tert-OH is 1. The van der Waals surface area contributed by atoms with Crippen LogP contribution in [0.4, 0.5) is 4.39 Å². The van der Waals surface area contributed by atoms with Crippen LogP contribution in [0.3, 0.4) is 0 Å². The summed E-state index contributed by atoms with van der Waals surface area (Å²) in [7, 11) is 0. The number of carbonyl (C=O) groups excluding carboxylic acids is 1. The summed E-state index contributed by atoms with van der Waals surface area (Å²) >= 11 is 0. The zero-order valence-corrected chi connectivity index (χ0v) is 29.2. The minimum atomic E-state index is -0.337. The third kappa shape index (κ3) is 7.11. The molecule has 0 bridgehead atoms. The van der Waals surface area contributed by atoms with Crippen LogP contribution >= 0.6 is 0 Å². The van der Waals surface area contributed by atoms with Crippen LogP contribution in [0.5, 0.6) is 0 Å². The normalized spacial score (nSPS) is 12.1. The molecule has 0 atom stereocenters. The molecule has 233 valence electrons. The largest absolute Gasteiger partial charge is 0.512 e. The van der Waals surface area contributed by atoms with Gasteiger partial charge in [-0.2, -0.15) is 0 Å². The topological polar surface area (TPSA) is 50.2 Å². The van der Waals surface area contributed by atoms with Crippen LogP contribution in [-0.4, -0.2) is 15.9 Å². The number of ketones is 1. The molecule has 0 aliphatic carbocycles. The Morgan fingerprint density at radius 2 is 1.48 bits per heavy atom. The number of benzene rings is 4. The minimum absolute atomic E-state index is 0. The van der Waals surface area contributed by atoms with Gasteiger partial charge >= 0.3 is 0 Å². The maximum absolute atomic E-state index is 14.8. The number of aryl methyl sites for hydroxylation is 1. The molecule has 0 spiro atoms. The number of aliphatic hydroxyl groups is 1. The second kappa shape index (κ2) is 14.6. The van der Waals surface area contributed by atoms with Crippen LogP contribution in [0.1, 0.15) is 72.8 Å². The van der Waals surface area contributed by atoms with Gasteiger partial charge in [0.2, 0.25) is 0 Å². The van der Waals surface area contributed by atoms with Gasteiger partial charge in [0.25, 0.3) is 0 Å². The van der Waals surface area contributed by atoms with Crippen LogP contribution in [0.15, 0.2) is 84.8 Å². The van der Waals surface area contributed by atoms with Crippen molar-refractivity contribution in [3.63, 3.8) is 0 Å². The van der Waals surface area contributed by atoms with Crippen molar-refractivity contribution in [2.75, 3.05) is 0 Å². The van der Waals surface area contributed by atoms with Crippen molar-refractivity contribution in [3.8, 4) is 11.3 Å². The first kappa shape index (κ1) is 35.1. The molecule has 0 fully saturated rings. The Balaban J connectivity index is 0.000000260. The minimum Gasteiger partial charge on any atom is -0.512 e. The Morgan fingerprint density at radius 3 is 2.14 bits per heavy atom. The fraction of sp³-hybridized carbons (Fsp3) is 0.333. The third-order valence-corrected chi connectivity index (χ3v) is 9.50. The van der Waals surface area contributed by atoms with Crippen LogP contribution in [-0.2, 0) is 24.9 Å². The zero-order chi connectivity index (χ0) is 31.4. The van der Waals surface area contributed by atoms with Crippen LogP contribution in [0.25, 0.3) is 43.6 Å². The first-order valence-corrected chi connectivity index (χ1v) is 15.3. The van der Waals surface area contributed by atoms with Gasteiger partial charge in [-0.05, 0) is 60.2 Å². The summed E-state index contributed by atoms with van der Waals surface area (Å²) in [4.78, 5) is 16.7. The van der Waals surface area contributed by atoms with Gasteiger partial charge in [-0.15, -0.1) is 17.5 Å². The molecule has 1 heterocycles. The standard InChI is InChI=1S/C24H15FN.C15H28O2.Ir/c1-15-6-8-19-18(12-15)7-9-21-20(19)10-11-26-24(21)22-13-16-4-2-3-5-17(16)14-23(22)25;1-7-14(5,8-2)12(16)11-13(17)15(6,9-3)10-4;/h2-12,14H,1H3;11,16H,7-10H2,1-6H3;/q-1;;/b;12-11-;. The second-order valence-corrected chi connectivity index (χ2v) is 12.1. The molecule has 5 aromatic rings. The van der Waals surface area contributed by atoms with Crippen molar-refractivity contribution in [2.24, 2.45) is 10.8 Å². The Bertz CT molecular complexity index is 1800. The first-order valence-electron chi connectivity index (χ1n) is 15.3. The number of pyridine rings is 1. The van der Waals surface area contributed by atoms with Crippen LogP contribution < -0.4 is 0 Å². The van der Waals surface area contributed by atoms with E-state index in [4.69, 9.17) is 0 Å². The number of halogens is 1. The van der Waals surface area contributed by atoms with Gasteiger partial charge in [0.15, 0.2) is 5.78 Å². The fourth-order valence-electron chi connectivity index (χ4n) is 5.31. The number of hydrogen-bond donors (Lipinski definition) is 1. The summed E-state index contributed by atoms with van der Waals surface area (Å²) in [6.07, 6.45) is 6.50. The van der Waals surface area contributed by atoms with E-state index in [1.807, 2.05) is 77.9 Å². The van der Waals surface area contributed by atoms with Gasteiger partial charge in [-0.1, -0.05) is 113 Å². The van der Waals surface area contributed by atoms with E-state index in [1.165, 1.54) is 17.0 Å². The molecule has 0 aliphatic rings. The maximum atomic E-state index is 14.8. The molecule has 0 aliphatic heterocycles. The molecule has 4 aromatic carbocycles. The molecule has 0 amide bonds. The van der Waals surface area contributed by atoms with Gasteiger partial charge in [-0.25, -0.2) is 0 Å². The molecule has 3 nitrogen and oxygen atoms in total. The van der Waals surface area contributed by atoms with E-state index in [1.54, 1.807) is 12.3 Å². The monoisotopic (exact) mass is 769 g/mol. The van der Waals surface area contributed by atoms with Crippen LogP contribution in [0, 0.1) is 29.6 Å². The zero-order valence-electron chi connectivity index (χ0n) is 26.8. The average molecular weight is 769 g/mol. The van der Waals surface area contributed by atoms with Crippen molar-refractivity contribution in [3.05, 3.63) is 102 Å². The van der Waals surface area contributed by atoms with Gasteiger partial charge in [0.1, 0.15) is 5.76 Å². The number of hydrogen-bond acceptors (Lipinski definition) is 3. The van der Waals surface area contributed by atoms with Gasteiger partial charge < -0.3 is 5.11 Å². The average Bonchev–Trinajstić information content (AvgIpc) is 3.03. The van der Waals surface area contributed by atoms with E-state index in [2.05, 4.69) is 42.2 Å². The first-order chi connectivity index (χ1) is 20.5. The Kier molecular flexibility index (Phi) is 11.6. The molecule has 1 N–H and O–H groups in total. The summed E-state index contributed by atoms with van der Waals surface area (Å²) in [5.41, 5.74) is 1.67. The molecule has 0 saturated heterocycles. The van der Waals surface area contributed by atoms with Crippen molar-refractivity contribution in [1.82, 2.24) is 4.98 Å². The molecule has 44 heavy (non-hydrogen) atoms. The molecular formula is C39H43FIrNO2-. The van der Waals surface area contributed by atoms with Gasteiger partial charge in [0.05, 0.1) is 5.82 Å². The van der Waals surface area contributed by atoms with E-state index in [0.29, 0.717) is 11.3 Å². The van der Waals surface area contributed by atoms with E-state index in [9.17, 15) is 14.3 Å². The van der Waals surface area contributed by atoms with Gasteiger partial charge in [-0.3, -0.25) is 14.2 Å². The number of aromatic nitrogens is 1. The Labute approximate surface area is 275 Å². The predicted molar refractivity (Wildman–Crippen MR) is 179 cm³/mol. The third-order valence-electron chi connectivity index (χ3n) is 9.50. The predicted octanol–water partition coefficient (Wildman–Crippen LogP) is 11.1. The van der Waals surface area contributed by atoms with Crippen molar-refractivity contribution in [2.45, 2.75) is 74.1 Å². The molecule has 0 saturated carbocycles. The molecule has 1 radical (unpaired) electrons. The molecule has 1 aromatic heterocycles. The molecule has 0 unspecified atom stereocenters. The van der Waals surface area contributed by atoms with Crippen molar-refractivity contribution < 1.29 is 34.4 Å².